The molecule has 0 saturated carbocycles. The fourth-order valence-corrected chi connectivity index (χ4v) is 2.64. The zero-order chi connectivity index (χ0) is 14.9. The quantitative estimate of drug-likeness (QED) is 0.848. The molecule has 1 atom stereocenters. The Labute approximate surface area is 120 Å². The summed E-state index contributed by atoms with van der Waals surface area (Å²) < 4.78 is 28.4. The number of hydrogen-bond acceptors (Lipinski definition) is 2. The molecule has 20 heavy (non-hydrogen) atoms. The summed E-state index contributed by atoms with van der Waals surface area (Å²) >= 11 is 0. The van der Waals surface area contributed by atoms with Crippen LogP contribution < -0.4 is 10.2 Å². The fourth-order valence-electron chi connectivity index (χ4n) is 2.64. The zero-order valence-electron chi connectivity index (χ0n) is 12.8. The summed E-state index contributed by atoms with van der Waals surface area (Å²) in [4.78, 5) is 1.85. The Morgan fingerprint density at radius 1 is 1.25 bits per heavy atom. The van der Waals surface area contributed by atoms with Crippen LogP contribution in [-0.2, 0) is 0 Å². The van der Waals surface area contributed by atoms with E-state index in [2.05, 4.69) is 26.1 Å². The number of anilines is 1. The van der Waals surface area contributed by atoms with Crippen molar-refractivity contribution >= 4 is 5.69 Å². The molecule has 0 radical (unpaired) electrons. The second-order valence-corrected chi connectivity index (χ2v) is 6.70. The van der Waals surface area contributed by atoms with E-state index in [9.17, 15) is 8.78 Å². The van der Waals surface area contributed by atoms with Gasteiger partial charge in [0.15, 0.2) is 5.82 Å². The van der Waals surface area contributed by atoms with Crippen molar-refractivity contribution in [3.8, 4) is 0 Å². The molecule has 0 aliphatic carbocycles. The number of rotatable bonds is 1. The summed E-state index contributed by atoms with van der Waals surface area (Å²) in [7, 11) is 0. The molecule has 2 rings (SSSR count). The van der Waals surface area contributed by atoms with Crippen LogP contribution in [0.2, 0.25) is 0 Å². The molecule has 112 valence electrons. The largest absolute Gasteiger partial charge is 0.365 e. The van der Waals surface area contributed by atoms with Crippen LogP contribution in [0.5, 0.6) is 0 Å². The molecule has 1 fully saturated rings. The highest BCUT2D eigenvalue weighted by Gasteiger charge is 2.30. The van der Waals surface area contributed by atoms with Gasteiger partial charge in [0, 0.05) is 19.1 Å². The first-order valence-electron chi connectivity index (χ1n) is 7.23. The van der Waals surface area contributed by atoms with Gasteiger partial charge in [-0.1, -0.05) is 26.8 Å². The van der Waals surface area contributed by atoms with Crippen LogP contribution in [0.3, 0.4) is 0 Å². The lowest BCUT2D eigenvalue weighted by Gasteiger charge is -2.34. The van der Waals surface area contributed by atoms with Crippen molar-refractivity contribution < 1.29 is 8.78 Å². The van der Waals surface area contributed by atoms with Crippen LogP contribution in [0.4, 0.5) is 14.5 Å². The van der Waals surface area contributed by atoms with Gasteiger partial charge >= 0.3 is 0 Å². The molecule has 1 aliphatic heterocycles. The van der Waals surface area contributed by atoms with Crippen molar-refractivity contribution in [1.29, 1.82) is 0 Å². The molecule has 1 aromatic carbocycles. The number of nitrogens with zero attached hydrogens (tertiary/aromatic N) is 1. The molecule has 0 bridgehead atoms. The van der Waals surface area contributed by atoms with Crippen molar-refractivity contribution in [2.45, 2.75) is 40.2 Å². The number of halogens is 2. The van der Waals surface area contributed by atoms with E-state index < -0.39 is 11.6 Å². The summed E-state index contributed by atoms with van der Waals surface area (Å²) in [5, 5.41) is 3.49. The number of aryl methyl sites for hydroxylation is 1. The molecule has 0 aromatic heterocycles. The van der Waals surface area contributed by atoms with Crippen LogP contribution in [0.1, 0.15) is 32.8 Å². The van der Waals surface area contributed by atoms with Gasteiger partial charge in [0.25, 0.3) is 0 Å². The minimum absolute atomic E-state index is 0.0549. The van der Waals surface area contributed by atoms with Crippen LogP contribution in [0.25, 0.3) is 0 Å². The highest BCUT2D eigenvalue weighted by molar-refractivity contribution is 5.52. The average Bonchev–Trinajstić information content (AvgIpc) is 2.60. The predicted octanol–water partition coefficient (Wildman–Crippen LogP) is 3.49. The molecule has 0 spiro atoms. The third kappa shape index (κ3) is 3.11. The van der Waals surface area contributed by atoms with Gasteiger partial charge in [-0.3, -0.25) is 0 Å². The fraction of sp³-hybridized carbons (Fsp3) is 0.625. The van der Waals surface area contributed by atoms with Gasteiger partial charge in [-0.15, -0.1) is 0 Å². The number of nitrogens with one attached hydrogen (secondary N) is 1. The van der Waals surface area contributed by atoms with E-state index >= 15 is 0 Å². The molecular weight excluding hydrogens is 258 g/mol. The summed E-state index contributed by atoms with van der Waals surface area (Å²) in [5.41, 5.74) is 0.674. The van der Waals surface area contributed by atoms with Crippen molar-refractivity contribution in [1.82, 2.24) is 5.32 Å². The second-order valence-electron chi connectivity index (χ2n) is 6.70. The van der Waals surface area contributed by atoms with E-state index in [1.54, 1.807) is 6.92 Å². The Balaban J connectivity index is 2.34. The highest BCUT2D eigenvalue weighted by atomic mass is 19.1. The lowest BCUT2D eigenvalue weighted by atomic mass is 9.86. The highest BCUT2D eigenvalue weighted by Crippen LogP contribution is 2.29. The Morgan fingerprint density at radius 3 is 2.60 bits per heavy atom. The van der Waals surface area contributed by atoms with Crippen molar-refractivity contribution in [3.63, 3.8) is 0 Å². The van der Waals surface area contributed by atoms with Crippen molar-refractivity contribution in [3.05, 3.63) is 29.3 Å². The third-order valence-electron chi connectivity index (χ3n) is 4.02. The second kappa shape index (κ2) is 5.68. The first kappa shape index (κ1) is 15.2. The van der Waals surface area contributed by atoms with Gasteiger partial charge in [0.05, 0.1) is 0 Å². The molecule has 0 amide bonds. The number of hydrogen-bond donors (Lipinski definition) is 1. The Hall–Kier alpha value is -1.16. The smallest absolute Gasteiger partial charge is 0.152 e. The molecule has 1 heterocycles. The molecule has 1 saturated heterocycles. The van der Waals surface area contributed by atoms with Crippen LogP contribution in [-0.4, -0.2) is 25.7 Å². The normalized spacial score (nSPS) is 20.9. The van der Waals surface area contributed by atoms with Gasteiger partial charge in [-0.25, -0.2) is 8.78 Å². The molecule has 2 nitrogen and oxygen atoms in total. The topological polar surface area (TPSA) is 15.3 Å². The Kier molecular flexibility index (Phi) is 4.33. The maximum Gasteiger partial charge on any atom is 0.152 e. The summed E-state index contributed by atoms with van der Waals surface area (Å²) in [6, 6.07) is 3.06. The summed E-state index contributed by atoms with van der Waals surface area (Å²) in [5.74, 6) is -0.901. The van der Waals surface area contributed by atoms with E-state index in [1.807, 2.05) is 4.90 Å². The first-order valence-corrected chi connectivity index (χ1v) is 7.23. The van der Waals surface area contributed by atoms with E-state index in [4.69, 9.17) is 0 Å². The van der Waals surface area contributed by atoms with Crippen LogP contribution in [0, 0.1) is 24.0 Å². The summed E-state index contributed by atoms with van der Waals surface area (Å²) in [6.07, 6.45) is 0.888. The zero-order valence-corrected chi connectivity index (χ0v) is 12.8. The van der Waals surface area contributed by atoms with Crippen molar-refractivity contribution in [2.24, 2.45) is 5.41 Å². The minimum Gasteiger partial charge on any atom is -0.365 e. The Morgan fingerprint density at radius 2 is 1.95 bits per heavy atom. The summed E-state index contributed by atoms with van der Waals surface area (Å²) in [6.45, 7) is 10.3. The molecular formula is C16H24F2N2. The van der Waals surface area contributed by atoms with Gasteiger partial charge in [-0.05, 0) is 36.9 Å². The van der Waals surface area contributed by atoms with Gasteiger partial charge in [0.1, 0.15) is 11.5 Å². The predicted molar refractivity (Wildman–Crippen MR) is 79.2 cm³/mol. The molecule has 1 N–H and O–H groups in total. The lowest BCUT2D eigenvalue weighted by Crippen LogP contribution is -2.46. The van der Waals surface area contributed by atoms with E-state index in [0.717, 1.165) is 13.0 Å². The SMILES string of the molecule is Cc1ccc(F)c(N2CCCNC(C(C)(C)C)C2)c1F. The maximum absolute atomic E-state index is 14.3. The molecule has 1 aliphatic rings. The first-order chi connectivity index (χ1) is 9.30. The van der Waals surface area contributed by atoms with Gasteiger partial charge in [-0.2, -0.15) is 0 Å². The lowest BCUT2D eigenvalue weighted by molar-refractivity contribution is 0.280. The molecule has 4 heteroatoms. The minimum atomic E-state index is -0.470. The average molecular weight is 282 g/mol. The monoisotopic (exact) mass is 282 g/mol. The van der Waals surface area contributed by atoms with Crippen LogP contribution in [0.15, 0.2) is 12.1 Å². The number of benzene rings is 1. The Bertz CT molecular complexity index is 480. The maximum atomic E-state index is 14.3. The third-order valence-corrected chi connectivity index (χ3v) is 4.02. The van der Waals surface area contributed by atoms with Gasteiger partial charge < -0.3 is 10.2 Å². The van der Waals surface area contributed by atoms with E-state index in [0.29, 0.717) is 18.7 Å². The van der Waals surface area contributed by atoms with Crippen molar-refractivity contribution in [2.75, 3.05) is 24.5 Å². The van der Waals surface area contributed by atoms with Crippen LogP contribution >= 0.6 is 0 Å². The van der Waals surface area contributed by atoms with Gasteiger partial charge in [0.2, 0.25) is 0 Å². The molecule has 1 aromatic rings. The van der Waals surface area contributed by atoms with E-state index in [1.165, 1.54) is 12.1 Å². The standard InChI is InChI=1S/C16H24F2N2/c1-11-6-7-12(17)15(14(11)18)20-9-5-8-19-13(10-20)16(2,3)4/h6-7,13,19H,5,8-10H2,1-4H3. The van der Waals surface area contributed by atoms with E-state index in [-0.39, 0.29) is 17.1 Å². The molecule has 1 unspecified atom stereocenters.